The Bertz CT molecular complexity index is 122. The molecule has 0 fully saturated rings. The van der Waals surface area contributed by atoms with Gasteiger partial charge >= 0.3 is 0 Å². The van der Waals surface area contributed by atoms with Crippen molar-refractivity contribution in [3.63, 3.8) is 0 Å². The largest absolute Gasteiger partial charge is 0.381 e. The van der Waals surface area contributed by atoms with Crippen LogP contribution in [0.5, 0.6) is 0 Å². The summed E-state index contributed by atoms with van der Waals surface area (Å²) < 4.78 is 5.52. The first-order chi connectivity index (χ1) is 6.10. The van der Waals surface area contributed by atoms with Gasteiger partial charge in [0.1, 0.15) is 0 Å². The molecule has 0 aromatic carbocycles. The molecule has 0 unspecified atom stereocenters. The average Bonchev–Trinajstić information content (AvgIpc) is 2.12. The maximum atomic E-state index is 5.52. The summed E-state index contributed by atoms with van der Waals surface area (Å²) in [6.07, 6.45) is 1.20. The number of ether oxygens (including phenoxy) is 1. The van der Waals surface area contributed by atoms with Crippen molar-refractivity contribution in [1.29, 1.82) is 0 Å². The maximum absolute atomic E-state index is 5.52. The molecule has 13 heavy (non-hydrogen) atoms. The second-order valence-corrected chi connectivity index (χ2v) is 5.12. The van der Waals surface area contributed by atoms with Gasteiger partial charge in [-0.05, 0) is 19.3 Å². The number of halogens is 2. The second kappa shape index (κ2) is 7.24. The van der Waals surface area contributed by atoms with Gasteiger partial charge in [-0.1, -0.05) is 45.7 Å². The maximum Gasteiger partial charge on any atom is 0.0538 e. The molecule has 1 nitrogen and oxygen atoms in total. The van der Waals surface area contributed by atoms with E-state index in [-0.39, 0.29) is 5.41 Å². The Morgan fingerprint density at radius 3 is 2.08 bits per heavy atom. The van der Waals surface area contributed by atoms with Crippen LogP contribution in [0.15, 0.2) is 0 Å². The first-order valence-electron chi connectivity index (χ1n) is 4.80. The van der Waals surface area contributed by atoms with Crippen LogP contribution in [0.4, 0.5) is 0 Å². The van der Waals surface area contributed by atoms with Gasteiger partial charge in [0.15, 0.2) is 0 Å². The van der Waals surface area contributed by atoms with E-state index < -0.39 is 0 Å². The standard InChI is InChI=1S/C10H20Br2O/c1-4-13-8-10(6-11,7-12)5-9(2)3/h9H,4-8H2,1-3H3. The van der Waals surface area contributed by atoms with E-state index in [2.05, 4.69) is 45.7 Å². The van der Waals surface area contributed by atoms with Crippen molar-refractivity contribution in [3.8, 4) is 0 Å². The summed E-state index contributed by atoms with van der Waals surface area (Å²) in [5.74, 6) is 0.718. The van der Waals surface area contributed by atoms with Crippen LogP contribution in [-0.2, 0) is 4.74 Å². The fraction of sp³-hybridized carbons (Fsp3) is 1.00. The van der Waals surface area contributed by atoms with Crippen molar-refractivity contribution >= 4 is 31.9 Å². The van der Waals surface area contributed by atoms with Gasteiger partial charge in [0.25, 0.3) is 0 Å². The molecule has 0 N–H and O–H groups in total. The fourth-order valence-corrected chi connectivity index (χ4v) is 3.18. The summed E-state index contributed by atoms with van der Waals surface area (Å²) in [6.45, 7) is 8.21. The monoisotopic (exact) mass is 314 g/mol. The molecule has 0 atom stereocenters. The number of rotatable bonds is 7. The topological polar surface area (TPSA) is 9.23 Å². The Labute approximate surface area is 98.9 Å². The van der Waals surface area contributed by atoms with Gasteiger partial charge in [-0.2, -0.15) is 0 Å². The van der Waals surface area contributed by atoms with E-state index in [1.165, 1.54) is 6.42 Å². The van der Waals surface area contributed by atoms with Crippen molar-refractivity contribution < 1.29 is 4.74 Å². The zero-order valence-corrected chi connectivity index (χ0v) is 11.9. The van der Waals surface area contributed by atoms with E-state index in [4.69, 9.17) is 4.74 Å². The Kier molecular flexibility index (Phi) is 7.76. The Morgan fingerprint density at radius 1 is 1.23 bits per heavy atom. The lowest BCUT2D eigenvalue weighted by molar-refractivity contribution is 0.0657. The molecule has 0 rings (SSSR count). The smallest absolute Gasteiger partial charge is 0.0538 e. The first kappa shape index (κ1) is 13.9. The van der Waals surface area contributed by atoms with E-state index in [1.54, 1.807) is 0 Å². The van der Waals surface area contributed by atoms with E-state index in [0.717, 1.165) is 29.8 Å². The molecule has 3 heteroatoms. The minimum atomic E-state index is 0.268. The minimum absolute atomic E-state index is 0.268. The fourth-order valence-electron chi connectivity index (χ4n) is 1.47. The molecule has 0 saturated carbocycles. The normalized spacial score (nSPS) is 12.5. The summed E-state index contributed by atoms with van der Waals surface area (Å²) in [4.78, 5) is 0. The molecule has 0 aliphatic heterocycles. The molecule has 0 heterocycles. The number of hydrogen-bond donors (Lipinski definition) is 0. The molecule has 0 aromatic rings. The molecular formula is C10H20Br2O. The second-order valence-electron chi connectivity index (χ2n) is 4.00. The summed E-state index contributed by atoms with van der Waals surface area (Å²) >= 11 is 7.16. The van der Waals surface area contributed by atoms with Gasteiger partial charge in [-0.25, -0.2) is 0 Å². The molecule has 0 amide bonds. The van der Waals surface area contributed by atoms with Gasteiger partial charge in [0.05, 0.1) is 6.61 Å². The van der Waals surface area contributed by atoms with Gasteiger partial charge < -0.3 is 4.74 Å². The summed E-state index contributed by atoms with van der Waals surface area (Å²) in [6, 6.07) is 0. The number of alkyl halides is 2. The van der Waals surface area contributed by atoms with E-state index in [1.807, 2.05) is 6.92 Å². The van der Waals surface area contributed by atoms with Crippen LogP contribution in [0.3, 0.4) is 0 Å². The molecule has 0 aliphatic carbocycles. The lowest BCUT2D eigenvalue weighted by Gasteiger charge is -2.31. The van der Waals surface area contributed by atoms with Crippen LogP contribution in [0.1, 0.15) is 27.2 Å². The third-order valence-corrected chi connectivity index (χ3v) is 4.40. The molecule has 0 spiro atoms. The highest BCUT2D eigenvalue weighted by atomic mass is 79.9. The van der Waals surface area contributed by atoms with Crippen LogP contribution >= 0.6 is 31.9 Å². The molecule has 0 radical (unpaired) electrons. The van der Waals surface area contributed by atoms with Gasteiger partial charge in [-0.15, -0.1) is 0 Å². The third-order valence-electron chi connectivity index (χ3n) is 2.02. The number of hydrogen-bond acceptors (Lipinski definition) is 1. The Balaban J connectivity index is 4.13. The molecule has 80 valence electrons. The Morgan fingerprint density at radius 2 is 1.77 bits per heavy atom. The highest BCUT2D eigenvalue weighted by molar-refractivity contribution is 9.09. The van der Waals surface area contributed by atoms with Crippen molar-refractivity contribution in [2.45, 2.75) is 27.2 Å². The van der Waals surface area contributed by atoms with Gasteiger partial charge in [-0.3, -0.25) is 0 Å². The van der Waals surface area contributed by atoms with E-state index in [0.29, 0.717) is 0 Å². The van der Waals surface area contributed by atoms with Crippen LogP contribution in [0, 0.1) is 11.3 Å². The average molecular weight is 316 g/mol. The zero-order chi connectivity index (χ0) is 10.3. The summed E-state index contributed by atoms with van der Waals surface area (Å²) in [5, 5.41) is 2.01. The van der Waals surface area contributed by atoms with Crippen LogP contribution in [0.2, 0.25) is 0 Å². The minimum Gasteiger partial charge on any atom is -0.381 e. The van der Waals surface area contributed by atoms with Crippen LogP contribution in [0.25, 0.3) is 0 Å². The van der Waals surface area contributed by atoms with Gasteiger partial charge in [0.2, 0.25) is 0 Å². The lowest BCUT2D eigenvalue weighted by Crippen LogP contribution is -2.32. The molecule has 0 saturated heterocycles. The van der Waals surface area contributed by atoms with Crippen molar-refractivity contribution in [3.05, 3.63) is 0 Å². The zero-order valence-electron chi connectivity index (χ0n) is 8.78. The quantitative estimate of drug-likeness (QED) is 0.648. The van der Waals surface area contributed by atoms with Crippen LogP contribution < -0.4 is 0 Å². The van der Waals surface area contributed by atoms with Gasteiger partial charge in [0, 0.05) is 22.7 Å². The molecular weight excluding hydrogens is 296 g/mol. The predicted octanol–water partition coefficient (Wildman–Crippen LogP) is 3.85. The predicted molar refractivity (Wildman–Crippen MR) is 66.0 cm³/mol. The van der Waals surface area contributed by atoms with E-state index >= 15 is 0 Å². The SMILES string of the molecule is CCOCC(CBr)(CBr)CC(C)C. The Hall–Kier alpha value is 0.920. The third kappa shape index (κ3) is 5.38. The van der Waals surface area contributed by atoms with Crippen molar-refractivity contribution in [1.82, 2.24) is 0 Å². The lowest BCUT2D eigenvalue weighted by atomic mass is 9.85. The molecule has 0 bridgehead atoms. The molecule has 0 aromatic heterocycles. The highest BCUT2D eigenvalue weighted by Crippen LogP contribution is 2.31. The van der Waals surface area contributed by atoms with Crippen molar-refractivity contribution in [2.24, 2.45) is 11.3 Å². The van der Waals surface area contributed by atoms with E-state index in [9.17, 15) is 0 Å². The summed E-state index contributed by atoms with van der Waals surface area (Å²) in [7, 11) is 0. The first-order valence-corrected chi connectivity index (χ1v) is 7.04. The highest BCUT2D eigenvalue weighted by Gasteiger charge is 2.28. The summed E-state index contributed by atoms with van der Waals surface area (Å²) in [5.41, 5.74) is 0.268. The van der Waals surface area contributed by atoms with Crippen molar-refractivity contribution in [2.75, 3.05) is 23.9 Å². The van der Waals surface area contributed by atoms with Crippen LogP contribution in [-0.4, -0.2) is 23.9 Å². The molecule has 0 aliphatic rings.